The van der Waals surface area contributed by atoms with Crippen molar-refractivity contribution in [3.05, 3.63) is 0 Å². The van der Waals surface area contributed by atoms with E-state index in [2.05, 4.69) is 13.8 Å². The van der Waals surface area contributed by atoms with Crippen molar-refractivity contribution in [3.63, 3.8) is 0 Å². The predicted octanol–water partition coefficient (Wildman–Crippen LogP) is 3.08. The maximum Gasteiger partial charge on any atom is 0.0431 e. The van der Waals surface area contributed by atoms with Gasteiger partial charge in [-0.1, -0.05) is 52.4 Å². The third-order valence-corrected chi connectivity index (χ3v) is 2.07. The second-order valence-electron chi connectivity index (χ2n) is 3.63. The highest BCUT2D eigenvalue weighted by molar-refractivity contribution is 4.38. The molecule has 0 amide bonds. The number of hydrogen-bond acceptors (Lipinski definition) is 2. The Balaban J connectivity index is 0. The first-order valence-corrected chi connectivity index (χ1v) is 6.14. The number of unbranched alkanes of at least 4 members (excludes halogenated alkanes) is 6. The third-order valence-electron chi connectivity index (χ3n) is 2.07. The minimum absolute atomic E-state index is 0.361. The first-order valence-electron chi connectivity index (χ1n) is 6.14. The zero-order valence-electron chi connectivity index (χ0n) is 10.1. The van der Waals surface area contributed by atoms with E-state index in [1.165, 1.54) is 44.9 Å². The third kappa shape index (κ3) is 22.7. The van der Waals surface area contributed by atoms with Crippen molar-refractivity contribution in [2.45, 2.75) is 65.2 Å². The molecule has 0 unspecified atom stereocenters. The van der Waals surface area contributed by atoms with Gasteiger partial charge in [-0.3, -0.25) is 0 Å². The van der Waals surface area contributed by atoms with Crippen LogP contribution in [0.4, 0.5) is 0 Å². The molecule has 0 aromatic rings. The average Bonchev–Trinajstić information content (AvgIpc) is 2.21. The van der Waals surface area contributed by atoms with Crippen molar-refractivity contribution in [3.8, 4) is 0 Å². The summed E-state index contributed by atoms with van der Waals surface area (Å²) in [5.41, 5.74) is 5.27. The molecule has 14 heavy (non-hydrogen) atoms. The molecule has 0 aliphatic carbocycles. The van der Waals surface area contributed by atoms with Crippen molar-refractivity contribution >= 4 is 0 Å². The summed E-state index contributed by atoms with van der Waals surface area (Å²) in [4.78, 5) is 0. The van der Waals surface area contributed by atoms with Gasteiger partial charge in [-0.25, -0.2) is 0 Å². The molecule has 0 aromatic carbocycles. The van der Waals surface area contributed by atoms with Gasteiger partial charge in [0.2, 0.25) is 0 Å². The van der Waals surface area contributed by atoms with Gasteiger partial charge in [-0.2, -0.15) is 0 Å². The van der Waals surface area contributed by atoms with Crippen LogP contribution in [0.1, 0.15) is 65.2 Å². The van der Waals surface area contributed by atoms with Crippen LogP contribution in [-0.2, 0) is 0 Å². The van der Waals surface area contributed by atoms with Crippen LogP contribution < -0.4 is 5.73 Å². The lowest BCUT2D eigenvalue weighted by Crippen LogP contribution is -1.97. The molecule has 2 heteroatoms. The zero-order valence-corrected chi connectivity index (χ0v) is 10.1. The van der Waals surface area contributed by atoms with Gasteiger partial charge in [0.15, 0.2) is 0 Å². The van der Waals surface area contributed by atoms with Crippen LogP contribution in [0.15, 0.2) is 0 Å². The number of aliphatic hydroxyl groups excluding tert-OH is 1. The quantitative estimate of drug-likeness (QED) is 0.595. The standard InChI is InChI=1S/C6H15N.C6H14O/c2*1-2-3-4-5-6-7/h2-7H2,1H3;7H,2-6H2,1H3. The molecule has 0 rings (SSSR count). The van der Waals surface area contributed by atoms with Crippen LogP contribution in [0.3, 0.4) is 0 Å². The second kappa shape index (κ2) is 18.7. The molecule has 0 aliphatic heterocycles. The van der Waals surface area contributed by atoms with Crippen LogP contribution >= 0.6 is 0 Å². The maximum atomic E-state index is 8.29. The highest BCUT2D eigenvalue weighted by Crippen LogP contribution is 1.96. The van der Waals surface area contributed by atoms with Gasteiger partial charge in [0, 0.05) is 6.61 Å². The van der Waals surface area contributed by atoms with Crippen LogP contribution in [0, 0.1) is 0 Å². The van der Waals surface area contributed by atoms with Gasteiger partial charge in [-0.05, 0) is 19.4 Å². The summed E-state index contributed by atoms with van der Waals surface area (Å²) in [5, 5.41) is 8.29. The lowest BCUT2D eigenvalue weighted by atomic mass is 10.2. The Morgan fingerprint density at radius 2 is 1.29 bits per heavy atom. The van der Waals surface area contributed by atoms with E-state index in [4.69, 9.17) is 10.8 Å². The summed E-state index contributed by atoms with van der Waals surface area (Å²) in [6, 6.07) is 0. The molecule has 0 saturated carbocycles. The second-order valence-corrected chi connectivity index (χ2v) is 3.63. The molecule has 0 atom stereocenters. The van der Waals surface area contributed by atoms with E-state index < -0.39 is 0 Å². The molecule has 0 saturated heterocycles. The Labute approximate surface area is 89.9 Å². The molecular formula is C12H29NO. The van der Waals surface area contributed by atoms with Crippen molar-refractivity contribution in [1.82, 2.24) is 0 Å². The highest BCUT2D eigenvalue weighted by Gasteiger charge is 1.81. The summed E-state index contributed by atoms with van der Waals surface area (Å²) in [6.45, 7) is 5.59. The largest absolute Gasteiger partial charge is 0.396 e. The molecule has 88 valence electrons. The molecule has 0 aromatic heterocycles. The van der Waals surface area contributed by atoms with E-state index in [1.807, 2.05) is 0 Å². The molecule has 0 spiro atoms. The van der Waals surface area contributed by atoms with E-state index in [9.17, 15) is 0 Å². The number of rotatable bonds is 8. The Bertz CT molecular complexity index is 58.7. The molecule has 0 fully saturated rings. The van der Waals surface area contributed by atoms with E-state index >= 15 is 0 Å². The van der Waals surface area contributed by atoms with E-state index in [0.717, 1.165) is 13.0 Å². The van der Waals surface area contributed by atoms with Gasteiger partial charge in [-0.15, -0.1) is 0 Å². The van der Waals surface area contributed by atoms with Gasteiger partial charge >= 0.3 is 0 Å². The van der Waals surface area contributed by atoms with Gasteiger partial charge in [0.25, 0.3) is 0 Å². The first kappa shape index (κ1) is 16.4. The molecule has 0 heterocycles. The summed E-state index contributed by atoms with van der Waals surface area (Å²) in [7, 11) is 0. The van der Waals surface area contributed by atoms with Crippen LogP contribution in [0.5, 0.6) is 0 Å². The Kier molecular flexibility index (Phi) is 21.8. The summed E-state index contributed by atoms with van der Waals surface area (Å²) in [5.74, 6) is 0. The number of nitrogens with two attached hydrogens (primary N) is 1. The lowest BCUT2D eigenvalue weighted by Gasteiger charge is -1.90. The summed E-state index contributed by atoms with van der Waals surface area (Å²) in [6.07, 6.45) is 9.85. The highest BCUT2D eigenvalue weighted by atomic mass is 16.2. The van der Waals surface area contributed by atoms with Crippen molar-refractivity contribution in [2.75, 3.05) is 13.2 Å². The fourth-order valence-electron chi connectivity index (χ4n) is 1.11. The molecule has 0 bridgehead atoms. The fourth-order valence-corrected chi connectivity index (χ4v) is 1.11. The molecule has 3 N–H and O–H groups in total. The normalized spacial score (nSPS) is 9.43. The van der Waals surface area contributed by atoms with E-state index in [1.54, 1.807) is 0 Å². The minimum atomic E-state index is 0.361. The lowest BCUT2D eigenvalue weighted by molar-refractivity contribution is 0.283. The van der Waals surface area contributed by atoms with Crippen molar-refractivity contribution in [2.24, 2.45) is 5.73 Å². The SMILES string of the molecule is CCCCCCN.CCCCCCO. The first-order chi connectivity index (χ1) is 6.83. The molecular weight excluding hydrogens is 174 g/mol. The number of aliphatic hydroxyl groups is 1. The van der Waals surface area contributed by atoms with Gasteiger partial charge in [0.1, 0.15) is 0 Å². The van der Waals surface area contributed by atoms with Crippen LogP contribution in [0.25, 0.3) is 0 Å². The van der Waals surface area contributed by atoms with Crippen LogP contribution in [-0.4, -0.2) is 18.3 Å². The number of hydrogen-bond donors (Lipinski definition) is 2. The maximum absolute atomic E-state index is 8.29. The predicted molar refractivity (Wildman–Crippen MR) is 64.4 cm³/mol. The zero-order chi connectivity index (χ0) is 11.1. The Morgan fingerprint density at radius 3 is 1.64 bits per heavy atom. The van der Waals surface area contributed by atoms with E-state index in [-0.39, 0.29) is 0 Å². The molecule has 0 aliphatic rings. The Morgan fingerprint density at radius 1 is 0.786 bits per heavy atom. The topological polar surface area (TPSA) is 46.2 Å². The van der Waals surface area contributed by atoms with Gasteiger partial charge < -0.3 is 10.8 Å². The smallest absolute Gasteiger partial charge is 0.0431 e. The molecule has 0 radical (unpaired) electrons. The average molecular weight is 203 g/mol. The van der Waals surface area contributed by atoms with Gasteiger partial charge in [0.05, 0.1) is 0 Å². The summed E-state index contributed by atoms with van der Waals surface area (Å²) >= 11 is 0. The monoisotopic (exact) mass is 203 g/mol. The fraction of sp³-hybridized carbons (Fsp3) is 1.00. The minimum Gasteiger partial charge on any atom is -0.396 e. The van der Waals surface area contributed by atoms with E-state index in [0.29, 0.717) is 6.61 Å². The van der Waals surface area contributed by atoms with Crippen molar-refractivity contribution < 1.29 is 5.11 Å². The summed E-state index contributed by atoms with van der Waals surface area (Å²) < 4.78 is 0. The Hall–Kier alpha value is -0.0800. The van der Waals surface area contributed by atoms with Crippen LogP contribution in [0.2, 0.25) is 0 Å². The molecule has 2 nitrogen and oxygen atoms in total. The van der Waals surface area contributed by atoms with Crippen molar-refractivity contribution in [1.29, 1.82) is 0 Å².